The normalized spacial score (nSPS) is 14.9. The van der Waals surface area contributed by atoms with Crippen LogP contribution >= 0.6 is 23.4 Å². The van der Waals surface area contributed by atoms with Crippen LogP contribution in [0.4, 0.5) is 16.2 Å². The van der Waals surface area contributed by atoms with Gasteiger partial charge in [-0.2, -0.15) is 5.11 Å². The second kappa shape index (κ2) is 11.6. The number of aromatic hydroxyl groups is 1. The Morgan fingerprint density at radius 2 is 1.86 bits per heavy atom. The SMILES string of the molecule is Cc1ccc(C(C)C)c(OCCN2C(=O)S/C(=C\c3cc(N=Nc4ccccc4Cl)ccc3O)C2=O)c1. The van der Waals surface area contributed by atoms with Crippen molar-refractivity contribution in [2.75, 3.05) is 13.2 Å². The zero-order chi connectivity index (χ0) is 26.5. The minimum atomic E-state index is -0.436. The van der Waals surface area contributed by atoms with Crippen molar-refractivity contribution in [2.45, 2.75) is 26.7 Å². The highest BCUT2D eigenvalue weighted by atomic mass is 35.5. The number of aryl methyl sites for hydroxylation is 1. The molecule has 1 aliphatic rings. The average Bonchev–Trinajstić information content (AvgIpc) is 3.12. The summed E-state index contributed by atoms with van der Waals surface area (Å²) in [6.07, 6.45) is 1.48. The van der Waals surface area contributed by atoms with Gasteiger partial charge in [-0.25, -0.2) is 0 Å². The average molecular weight is 536 g/mol. The topological polar surface area (TPSA) is 91.6 Å². The summed E-state index contributed by atoms with van der Waals surface area (Å²) < 4.78 is 5.95. The summed E-state index contributed by atoms with van der Waals surface area (Å²) in [5.74, 6) is 0.551. The molecule has 190 valence electrons. The Balaban J connectivity index is 1.46. The van der Waals surface area contributed by atoms with E-state index >= 15 is 0 Å². The summed E-state index contributed by atoms with van der Waals surface area (Å²) in [5.41, 5.74) is 3.45. The van der Waals surface area contributed by atoms with Crippen LogP contribution in [0.1, 0.15) is 36.5 Å². The lowest BCUT2D eigenvalue weighted by molar-refractivity contribution is -0.123. The number of phenolic OH excluding ortho intramolecular Hbond substituents is 1. The Bertz CT molecular complexity index is 1400. The highest BCUT2D eigenvalue weighted by molar-refractivity contribution is 8.18. The lowest BCUT2D eigenvalue weighted by atomic mass is 10.0. The number of imide groups is 1. The van der Waals surface area contributed by atoms with E-state index in [2.05, 4.69) is 24.1 Å². The number of carbonyl (C=O) groups is 2. The molecule has 4 rings (SSSR count). The second-order valence-corrected chi connectivity index (χ2v) is 10.2. The first-order valence-electron chi connectivity index (χ1n) is 11.7. The number of nitrogens with zero attached hydrogens (tertiary/aromatic N) is 3. The predicted octanol–water partition coefficient (Wildman–Crippen LogP) is 8.01. The van der Waals surface area contributed by atoms with Crippen LogP contribution in [-0.4, -0.2) is 34.3 Å². The van der Waals surface area contributed by atoms with Gasteiger partial charge in [-0.05, 0) is 78.2 Å². The lowest BCUT2D eigenvalue weighted by Gasteiger charge is -2.17. The molecule has 1 heterocycles. The Kier molecular flexibility index (Phi) is 8.31. The summed E-state index contributed by atoms with van der Waals surface area (Å²) in [6.45, 7) is 6.45. The fraction of sp³-hybridized carbons (Fsp3) is 0.214. The molecule has 0 unspecified atom stereocenters. The Morgan fingerprint density at radius 1 is 1.08 bits per heavy atom. The number of halogens is 1. The third kappa shape index (κ3) is 6.39. The van der Waals surface area contributed by atoms with Gasteiger partial charge in [0, 0.05) is 5.56 Å². The predicted molar refractivity (Wildman–Crippen MR) is 147 cm³/mol. The van der Waals surface area contributed by atoms with Crippen LogP contribution in [0.2, 0.25) is 5.02 Å². The van der Waals surface area contributed by atoms with Gasteiger partial charge in [0.1, 0.15) is 23.8 Å². The van der Waals surface area contributed by atoms with Crippen molar-refractivity contribution in [3.05, 3.63) is 87.3 Å². The molecule has 1 saturated heterocycles. The quantitative estimate of drug-likeness (QED) is 0.233. The maximum Gasteiger partial charge on any atom is 0.293 e. The van der Waals surface area contributed by atoms with Crippen LogP contribution in [-0.2, 0) is 4.79 Å². The van der Waals surface area contributed by atoms with E-state index in [1.54, 1.807) is 36.4 Å². The molecule has 1 fully saturated rings. The molecule has 0 atom stereocenters. The maximum atomic E-state index is 13.0. The van der Waals surface area contributed by atoms with E-state index in [4.69, 9.17) is 16.3 Å². The van der Waals surface area contributed by atoms with Crippen molar-refractivity contribution in [3.63, 3.8) is 0 Å². The van der Waals surface area contributed by atoms with E-state index in [0.29, 0.717) is 22.0 Å². The standard InChI is InChI=1S/C28H26ClN3O4S/c1-17(2)21-10-8-18(3)14-25(21)36-13-12-32-27(34)26(37-28(32)35)16-19-15-20(9-11-24(19)33)30-31-23-7-5-4-6-22(23)29/h4-11,14-17,33H,12-13H2,1-3H3/b26-16-,31-30?. The number of rotatable bonds is 8. The first-order valence-corrected chi connectivity index (χ1v) is 12.9. The maximum absolute atomic E-state index is 13.0. The number of benzene rings is 3. The summed E-state index contributed by atoms with van der Waals surface area (Å²) in [6, 6.07) is 17.7. The van der Waals surface area contributed by atoms with Gasteiger partial charge in [0.2, 0.25) is 0 Å². The number of amides is 2. The number of hydrogen-bond donors (Lipinski definition) is 1. The molecule has 0 saturated carbocycles. The van der Waals surface area contributed by atoms with Gasteiger partial charge in [0.15, 0.2) is 0 Å². The van der Waals surface area contributed by atoms with Gasteiger partial charge in [-0.3, -0.25) is 14.5 Å². The van der Waals surface area contributed by atoms with Crippen LogP contribution in [0.25, 0.3) is 6.08 Å². The van der Waals surface area contributed by atoms with E-state index in [1.807, 2.05) is 25.1 Å². The van der Waals surface area contributed by atoms with Crippen LogP contribution in [0.5, 0.6) is 11.5 Å². The number of hydrogen-bond acceptors (Lipinski definition) is 7. The fourth-order valence-corrected chi connectivity index (χ4v) is 4.72. The van der Waals surface area contributed by atoms with Crippen molar-refractivity contribution in [1.29, 1.82) is 0 Å². The van der Waals surface area contributed by atoms with E-state index in [-0.39, 0.29) is 35.0 Å². The first kappa shape index (κ1) is 26.4. The third-order valence-corrected chi connectivity index (χ3v) is 6.89. The van der Waals surface area contributed by atoms with E-state index in [0.717, 1.165) is 33.5 Å². The molecule has 2 amide bonds. The molecular formula is C28H26ClN3O4S. The number of thioether (sulfide) groups is 1. The number of ether oxygens (including phenoxy) is 1. The van der Waals surface area contributed by atoms with Gasteiger partial charge in [0.05, 0.1) is 22.2 Å². The number of carbonyl (C=O) groups excluding carboxylic acids is 2. The molecule has 1 N–H and O–H groups in total. The summed E-state index contributed by atoms with van der Waals surface area (Å²) in [7, 11) is 0. The van der Waals surface area contributed by atoms with Crippen LogP contribution in [0.15, 0.2) is 75.8 Å². The van der Waals surface area contributed by atoms with Gasteiger partial charge in [0.25, 0.3) is 11.1 Å². The van der Waals surface area contributed by atoms with E-state index < -0.39 is 5.91 Å². The zero-order valence-electron chi connectivity index (χ0n) is 20.6. The first-order chi connectivity index (χ1) is 17.7. The highest BCUT2D eigenvalue weighted by Crippen LogP contribution is 2.35. The van der Waals surface area contributed by atoms with Gasteiger partial charge in [-0.15, -0.1) is 5.11 Å². The van der Waals surface area contributed by atoms with E-state index in [1.165, 1.54) is 12.1 Å². The molecule has 1 aliphatic heterocycles. The lowest BCUT2D eigenvalue weighted by Crippen LogP contribution is -2.32. The van der Waals surface area contributed by atoms with Crippen molar-refractivity contribution in [2.24, 2.45) is 10.2 Å². The van der Waals surface area contributed by atoms with E-state index in [9.17, 15) is 14.7 Å². The molecule has 3 aromatic carbocycles. The summed E-state index contributed by atoms with van der Waals surface area (Å²) >= 11 is 6.93. The third-order valence-electron chi connectivity index (χ3n) is 5.66. The Hall–Kier alpha value is -3.62. The molecule has 0 aliphatic carbocycles. The minimum Gasteiger partial charge on any atom is -0.507 e. The molecule has 0 bridgehead atoms. The van der Waals surface area contributed by atoms with Crippen LogP contribution < -0.4 is 4.74 Å². The summed E-state index contributed by atoms with van der Waals surface area (Å²) in [4.78, 5) is 26.9. The largest absolute Gasteiger partial charge is 0.507 e. The van der Waals surface area contributed by atoms with Crippen molar-refractivity contribution in [1.82, 2.24) is 4.90 Å². The Morgan fingerprint density at radius 3 is 2.62 bits per heavy atom. The Labute approximate surface area is 224 Å². The number of azo groups is 1. The molecule has 7 nitrogen and oxygen atoms in total. The van der Waals surface area contributed by atoms with Crippen molar-refractivity contribution >= 4 is 52.0 Å². The smallest absolute Gasteiger partial charge is 0.293 e. The zero-order valence-corrected chi connectivity index (χ0v) is 22.2. The van der Waals surface area contributed by atoms with Gasteiger partial charge < -0.3 is 9.84 Å². The molecule has 3 aromatic rings. The fourth-order valence-electron chi connectivity index (χ4n) is 3.69. The van der Waals surface area contributed by atoms with Gasteiger partial charge in [-0.1, -0.05) is 49.7 Å². The molecule has 9 heteroatoms. The number of phenols is 1. The molecule has 0 spiro atoms. The van der Waals surface area contributed by atoms with Crippen molar-refractivity contribution in [3.8, 4) is 11.5 Å². The second-order valence-electron chi connectivity index (χ2n) is 8.77. The summed E-state index contributed by atoms with van der Waals surface area (Å²) in [5, 5.41) is 18.7. The highest BCUT2D eigenvalue weighted by Gasteiger charge is 2.35. The van der Waals surface area contributed by atoms with Crippen LogP contribution in [0, 0.1) is 6.92 Å². The molecule has 0 aromatic heterocycles. The molecule has 0 radical (unpaired) electrons. The van der Waals surface area contributed by atoms with Crippen LogP contribution in [0.3, 0.4) is 0 Å². The van der Waals surface area contributed by atoms with Crippen molar-refractivity contribution < 1.29 is 19.4 Å². The monoisotopic (exact) mass is 535 g/mol. The molecular weight excluding hydrogens is 510 g/mol. The van der Waals surface area contributed by atoms with Gasteiger partial charge >= 0.3 is 0 Å². The molecule has 37 heavy (non-hydrogen) atoms. The minimum absolute atomic E-state index is 0.0486.